The van der Waals surface area contributed by atoms with E-state index in [2.05, 4.69) is 20.8 Å². The van der Waals surface area contributed by atoms with Crippen molar-refractivity contribution in [2.75, 3.05) is 37.2 Å². The van der Waals surface area contributed by atoms with Gasteiger partial charge in [-0.1, -0.05) is 30.0 Å². The van der Waals surface area contributed by atoms with Crippen molar-refractivity contribution in [3.05, 3.63) is 30.3 Å². The second-order valence-electron chi connectivity index (χ2n) is 7.50. The largest absolute Gasteiger partial charge is 0.338 e. The molecule has 1 saturated heterocycles. The molecule has 0 bridgehead atoms. The lowest BCUT2D eigenvalue weighted by atomic mass is 10.1. The van der Waals surface area contributed by atoms with Gasteiger partial charge in [-0.3, -0.25) is 4.79 Å². The molecule has 0 saturated carbocycles. The molecule has 2 aromatic rings. The maximum Gasteiger partial charge on any atom is 0.321 e. The zero-order chi connectivity index (χ0) is 20.1. The van der Waals surface area contributed by atoms with Crippen molar-refractivity contribution < 1.29 is 9.59 Å². The fourth-order valence-corrected chi connectivity index (χ4v) is 3.75. The van der Waals surface area contributed by atoms with E-state index in [-0.39, 0.29) is 23.2 Å². The number of tetrazole rings is 1. The molecule has 3 amide bonds. The first-order valence-electron chi connectivity index (χ1n) is 9.15. The highest BCUT2D eigenvalue weighted by Crippen LogP contribution is 2.21. The summed E-state index contributed by atoms with van der Waals surface area (Å²) in [6.07, 6.45) is 0. The number of nitrogens with zero attached hydrogens (tertiary/aromatic N) is 6. The predicted molar refractivity (Wildman–Crippen MR) is 107 cm³/mol. The van der Waals surface area contributed by atoms with E-state index in [9.17, 15) is 9.59 Å². The lowest BCUT2D eigenvalue weighted by Crippen LogP contribution is -2.52. The molecule has 1 aliphatic rings. The second kappa shape index (κ2) is 8.59. The number of nitrogens with one attached hydrogen (secondary N) is 1. The third kappa shape index (κ3) is 5.00. The SMILES string of the molecule is CC(C)(C)n1nnnc1SCC(=O)N1CCN(C(=O)Nc2ccccc2)CC1. The molecule has 0 spiro atoms. The summed E-state index contributed by atoms with van der Waals surface area (Å²) in [5.41, 5.74) is 0.520. The van der Waals surface area contributed by atoms with Gasteiger partial charge in [-0.15, -0.1) is 5.10 Å². The number of thioether (sulfide) groups is 1. The molecule has 9 nitrogen and oxygen atoms in total. The number of piperazine rings is 1. The van der Waals surface area contributed by atoms with Crippen LogP contribution in [0.25, 0.3) is 0 Å². The molecule has 1 fully saturated rings. The average molecular weight is 404 g/mol. The summed E-state index contributed by atoms with van der Waals surface area (Å²) in [4.78, 5) is 28.4. The summed E-state index contributed by atoms with van der Waals surface area (Å²) in [7, 11) is 0. The van der Waals surface area contributed by atoms with Crippen LogP contribution >= 0.6 is 11.8 Å². The van der Waals surface area contributed by atoms with Gasteiger partial charge in [0.25, 0.3) is 0 Å². The number of para-hydroxylation sites is 1. The van der Waals surface area contributed by atoms with Crippen molar-refractivity contribution in [1.82, 2.24) is 30.0 Å². The molecule has 3 rings (SSSR count). The van der Waals surface area contributed by atoms with Crippen molar-refractivity contribution in [3.63, 3.8) is 0 Å². The smallest absolute Gasteiger partial charge is 0.321 e. The third-order valence-corrected chi connectivity index (χ3v) is 5.25. The summed E-state index contributed by atoms with van der Waals surface area (Å²) < 4.78 is 1.72. The minimum atomic E-state index is -0.243. The van der Waals surface area contributed by atoms with Gasteiger partial charge in [-0.25, -0.2) is 9.48 Å². The first kappa shape index (κ1) is 20.1. The average Bonchev–Trinajstić information content (AvgIpc) is 3.16. The van der Waals surface area contributed by atoms with Crippen LogP contribution in [0.2, 0.25) is 0 Å². The van der Waals surface area contributed by atoms with Gasteiger partial charge in [-0.05, 0) is 43.3 Å². The van der Waals surface area contributed by atoms with Gasteiger partial charge in [0.05, 0.1) is 11.3 Å². The molecular formula is C18H25N7O2S. The Morgan fingerprint density at radius 1 is 1.07 bits per heavy atom. The Balaban J connectivity index is 1.46. The van der Waals surface area contributed by atoms with Crippen LogP contribution in [-0.2, 0) is 10.3 Å². The van der Waals surface area contributed by atoms with E-state index in [1.54, 1.807) is 14.5 Å². The molecule has 10 heteroatoms. The predicted octanol–water partition coefficient (Wildman–Crippen LogP) is 1.90. The van der Waals surface area contributed by atoms with Crippen LogP contribution in [0.15, 0.2) is 35.5 Å². The minimum Gasteiger partial charge on any atom is -0.338 e. The van der Waals surface area contributed by atoms with E-state index in [0.717, 1.165) is 5.69 Å². The molecule has 2 heterocycles. The van der Waals surface area contributed by atoms with E-state index in [4.69, 9.17) is 0 Å². The van der Waals surface area contributed by atoms with Gasteiger partial charge in [-0.2, -0.15) is 0 Å². The highest BCUT2D eigenvalue weighted by atomic mass is 32.2. The number of benzene rings is 1. The molecule has 0 radical (unpaired) electrons. The number of amides is 3. The number of anilines is 1. The number of rotatable bonds is 4. The summed E-state index contributed by atoms with van der Waals surface area (Å²) in [5.74, 6) is 0.295. The molecule has 1 aliphatic heterocycles. The molecule has 0 atom stereocenters. The van der Waals surface area contributed by atoms with E-state index in [1.165, 1.54) is 11.8 Å². The monoisotopic (exact) mass is 403 g/mol. The van der Waals surface area contributed by atoms with Gasteiger partial charge in [0.2, 0.25) is 11.1 Å². The molecule has 0 unspecified atom stereocenters. The van der Waals surface area contributed by atoms with Crippen LogP contribution in [0.4, 0.5) is 10.5 Å². The molecule has 1 aromatic heterocycles. The van der Waals surface area contributed by atoms with Crippen molar-refractivity contribution in [2.45, 2.75) is 31.5 Å². The Morgan fingerprint density at radius 2 is 1.71 bits per heavy atom. The molecule has 28 heavy (non-hydrogen) atoms. The van der Waals surface area contributed by atoms with Crippen molar-refractivity contribution >= 4 is 29.4 Å². The van der Waals surface area contributed by atoms with Crippen LogP contribution in [0.3, 0.4) is 0 Å². The van der Waals surface area contributed by atoms with Gasteiger partial charge < -0.3 is 15.1 Å². The fraction of sp³-hybridized carbons (Fsp3) is 0.500. The molecule has 0 aliphatic carbocycles. The molecule has 150 valence electrons. The number of carbonyl (C=O) groups is 2. The minimum absolute atomic E-state index is 0.0246. The Labute approximate surface area is 168 Å². The molecular weight excluding hydrogens is 378 g/mol. The summed E-state index contributed by atoms with van der Waals surface area (Å²) >= 11 is 1.33. The van der Waals surface area contributed by atoms with Gasteiger partial charge >= 0.3 is 6.03 Å². The Hall–Kier alpha value is -2.62. The lowest BCUT2D eigenvalue weighted by Gasteiger charge is -2.34. The van der Waals surface area contributed by atoms with Crippen LogP contribution in [0, 0.1) is 0 Å². The highest BCUT2D eigenvalue weighted by molar-refractivity contribution is 7.99. The number of aromatic nitrogens is 4. The quantitative estimate of drug-likeness (QED) is 0.783. The summed E-state index contributed by atoms with van der Waals surface area (Å²) in [6, 6.07) is 9.20. The summed E-state index contributed by atoms with van der Waals surface area (Å²) in [5, 5.41) is 15.2. The fourth-order valence-electron chi connectivity index (χ4n) is 2.79. The van der Waals surface area contributed by atoms with Gasteiger partial charge in [0.15, 0.2) is 0 Å². The van der Waals surface area contributed by atoms with Crippen molar-refractivity contribution in [2.24, 2.45) is 0 Å². The number of hydrogen-bond donors (Lipinski definition) is 1. The topological polar surface area (TPSA) is 96.2 Å². The normalized spacial score (nSPS) is 14.8. The van der Waals surface area contributed by atoms with Crippen LogP contribution < -0.4 is 5.32 Å². The Bertz CT molecular complexity index is 811. The van der Waals surface area contributed by atoms with E-state index in [0.29, 0.717) is 31.3 Å². The van der Waals surface area contributed by atoms with E-state index < -0.39 is 0 Å². The van der Waals surface area contributed by atoms with Crippen molar-refractivity contribution in [1.29, 1.82) is 0 Å². The van der Waals surface area contributed by atoms with E-state index in [1.807, 2.05) is 51.1 Å². The molecule has 1 N–H and O–H groups in total. The zero-order valence-corrected chi connectivity index (χ0v) is 17.1. The maximum atomic E-state index is 12.5. The second-order valence-corrected chi connectivity index (χ2v) is 8.44. The first-order chi connectivity index (χ1) is 13.3. The van der Waals surface area contributed by atoms with Crippen LogP contribution in [-0.4, -0.2) is 73.9 Å². The standard InChI is InChI=1S/C18H25N7O2S/c1-18(2,3)25-17(20-21-22-25)28-13-15(26)23-9-11-24(12-10-23)16(27)19-14-7-5-4-6-8-14/h4-8H,9-13H2,1-3H3,(H,19,27). The highest BCUT2D eigenvalue weighted by Gasteiger charge is 2.25. The summed E-state index contributed by atoms with van der Waals surface area (Å²) in [6.45, 7) is 8.08. The third-order valence-electron chi connectivity index (χ3n) is 4.35. The van der Waals surface area contributed by atoms with E-state index >= 15 is 0 Å². The Kier molecular flexibility index (Phi) is 6.18. The number of urea groups is 1. The Morgan fingerprint density at radius 3 is 2.36 bits per heavy atom. The van der Waals surface area contributed by atoms with Gasteiger partial charge in [0, 0.05) is 31.9 Å². The van der Waals surface area contributed by atoms with Crippen LogP contribution in [0.5, 0.6) is 0 Å². The van der Waals surface area contributed by atoms with Crippen molar-refractivity contribution in [3.8, 4) is 0 Å². The van der Waals surface area contributed by atoms with Gasteiger partial charge in [0.1, 0.15) is 0 Å². The lowest BCUT2D eigenvalue weighted by molar-refractivity contribution is -0.129. The molecule has 1 aromatic carbocycles. The number of hydrogen-bond acceptors (Lipinski definition) is 6. The van der Waals surface area contributed by atoms with Crippen LogP contribution in [0.1, 0.15) is 20.8 Å². The number of carbonyl (C=O) groups excluding carboxylic acids is 2. The zero-order valence-electron chi connectivity index (χ0n) is 16.3. The maximum absolute atomic E-state index is 12.5. The first-order valence-corrected chi connectivity index (χ1v) is 10.1.